The van der Waals surface area contributed by atoms with Gasteiger partial charge in [0.1, 0.15) is 0 Å². The van der Waals surface area contributed by atoms with E-state index in [1.807, 2.05) is 0 Å². The van der Waals surface area contributed by atoms with Gasteiger partial charge in [0.25, 0.3) is 0 Å². The van der Waals surface area contributed by atoms with E-state index in [-0.39, 0.29) is 12.4 Å². The first-order valence-corrected chi connectivity index (χ1v) is 10.5. The molecule has 2 fully saturated rings. The van der Waals surface area contributed by atoms with Crippen molar-refractivity contribution in [2.24, 2.45) is 11.8 Å². The Morgan fingerprint density at radius 3 is 2.73 bits per heavy atom. The van der Waals surface area contributed by atoms with Crippen molar-refractivity contribution in [2.75, 3.05) is 25.1 Å². The highest BCUT2D eigenvalue weighted by atomic mass is 35.5. The van der Waals surface area contributed by atoms with Crippen LogP contribution in [-0.2, 0) is 15.9 Å². The number of rotatable bonds is 5. The van der Waals surface area contributed by atoms with Crippen molar-refractivity contribution < 1.29 is 9.47 Å². The molecular weight excluding hydrogens is 346 g/mol. The quantitative estimate of drug-likeness (QED) is 0.682. The van der Waals surface area contributed by atoms with Gasteiger partial charge in [-0.3, -0.25) is 0 Å². The van der Waals surface area contributed by atoms with Crippen LogP contribution in [0.3, 0.4) is 0 Å². The molecule has 146 valence electrons. The van der Waals surface area contributed by atoms with Crippen molar-refractivity contribution in [3.63, 3.8) is 0 Å². The minimum Gasteiger partial charge on any atom is -0.381 e. The van der Waals surface area contributed by atoms with Crippen molar-refractivity contribution in [3.8, 4) is 0 Å². The van der Waals surface area contributed by atoms with Gasteiger partial charge in [0.05, 0.1) is 6.10 Å². The third-order valence-electron chi connectivity index (χ3n) is 6.42. The zero-order valence-electron chi connectivity index (χ0n) is 16.0. The number of halogens is 1. The number of nitrogens with one attached hydrogen (secondary N) is 1. The van der Waals surface area contributed by atoms with Gasteiger partial charge in [0.15, 0.2) is 0 Å². The molecule has 3 aliphatic rings. The Bertz CT molecular complexity index is 573. The van der Waals surface area contributed by atoms with Gasteiger partial charge in [0, 0.05) is 43.0 Å². The van der Waals surface area contributed by atoms with Crippen molar-refractivity contribution in [1.29, 1.82) is 0 Å². The minimum atomic E-state index is 0. The Hall–Kier alpha value is -0.770. The van der Waals surface area contributed by atoms with Gasteiger partial charge in [-0.1, -0.05) is 31.9 Å². The van der Waals surface area contributed by atoms with Crippen LogP contribution in [0.4, 0.5) is 5.69 Å². The molecule has 0 spiro atoms. The summed E-state index contributed by atoms with van der Waals surface area (Å²) in [7, 11) is 0. The first-order valence-electron chi connectivity index (χ1n) is 10.5. The predicted molar refractivity (Wildman–Crippen MR) is 109 cm³/mol. The summed E-state index contributed by atoms with van der Waals surface area (Å²) >= 11 is 0. The fourth-order valence-electron chi connectivity index (χ4n) is 5.04. The Kier molecular flexibility index (Phi) is 7.25. The Balaban J connectivity index is 0.00000196. The molecule has 26 heavy (non-hydrogen) atoms. The van der Waals surface area contributed by atoms with Crippen molar-refractivity contribution in [1.82, 2.24) is 0 Å². The van der Waals surface area contributed by atoms with E-state index >= 15 is 0 Å². The predicted octanol–water partition coefficient (Wildman–Crippen LogP) is 5.53. The fourth-order valence-corrected chi connectivity index (χ4v) is 5.04. The molecule has 2 saturated heterocycles. The molecule has 0 amide bonds. The molecule has 1 aromatic rings. The number of anilines is 1. The summed E-state index contributed by atoms with van der Waals surface area (Å²) in [5, 5.41) is 3.92. The van der Waals surface area contributed by atoms with Gasteiger partial charge < -0.3 is 14.8 Å². The summed E-state index contributed by atoms with van der Waals surface area (Å²) in [6.45, 7) is 5.03. The molecule has 1 N–H and O–H groups in total. The first-order chi connectivity index (χ1) is 12.4. The lowest BCUT2D eigenvalue weighted by Gasteiger charge is -2.47. The van der Waals surface area contributed by atoms with Crippen molar-refractivity contribution in [3.05, 3.63) is 29.3 Å². The highest BCUT2D eigenvalue weighted by molar-refractivity contribution is 5.85. The fraction of sp³-hybridized carbons (Fsp3) is 0.727. The molecule has 0 unspecified atom stereocenters. The third kappa shape index (κ3) is 4.21. The van der Waals surface area contributed by atoms with Crippen molar-refractivity contribution >= 4 is 18.1 Å². The molecule has 3 aliphatic heterocycles. The second-order valence-corrected chi connectivity index (χ2v) is 8.10. The average molecular weight is 380 g/mol. The van der Waals surface area contributed by atoms with Crippen LogP contribution >= 0.6 is 12.4 Å². The molecule has 3 atom stereocenters. The van der Waals surface area contributed by atoms with E-state index in [2.05, 4.69) is 30.4 Å². The molecule has 0 bridgehead atoms. The Morgan fingerprint density at radius 1 is 1.08 bits per heavy atom. The second kappa shape index (κ2) is 9.43. The molecule has 3 nitrogen and oxygen atoms in total. The Labute approximate surface area is 164 Å². The summed E-state index contributed by atoms with van der Waals surface area (Å²) in [6, 6.07) is 7.62. The van der Waals surface area contributed by atoms with Crippen LogP contribution in [-0.4, -0.2) is 25.9 Å². The summed E-state index contributed by atoms with van der Waals surface area (Å²) < 4.78 is 11.9. The summed E-state index contributed by atoms with van der Waals surface area (Å²) in [5.74, 6) is 1.34. The lowest BCUT2D eigenvalue weighted by molar-refractivity contribution is -0.0517. The third-order valence-corrected chi connectivity index (χ3v) is 6.42. The molecule has 0 aromatic heterocycles. The van der Waals surface area contributed by atoms with E-state index in [9.17, 15) is 0 Å². The molecule has 4 heteroatoms. The number of benzene rings is 1. The van der Waals surface area contributed by atoms with E-state index in [4.69, 9.17) is 9.47 Å². The maximum atomic E-state index is 6.34. The van der Waals surface area contributed by atoms with Gasteiger partial charge in [-0.25, -0.2) is 0 Å². The SMILES string of the molecule is CCCCCc1ccc2c(c1)[C@H]1OCCC[C@H]1[C@@H](C1CCOCC1)N2.Cl. The number of fused-ring (bicyclic) bond motifs is 3. The van der Waals surface area contributed by atoms with E-state index in [1.54, 1.807) is 0 Å². The van der Waals surface area contributed by atoms with E-state index in [0.717, 1.165) is 25.7 Å². The van der Waals surface area contributed by atoms with Gasteiger partial charge in [-0.15, -0.1) is 12.4 Å². The standard InChI is InChI=1S/C22H33NO2.ClH/c1-2-3-4-6-16-8-9-20-19(15-16)22-18(7-5-12-25-22)21(23-20)17-10-13-24-14-11-17;/h8-9,15,17-18,21-23H,2-7,10-14H2,1H3;1H/t18-,21+,22-;/m0./s1. The molecule has 0 radical (unpaired) electrons. The molecular formula is C22H34ClNO2. The molecule has 0 aliphatic carbocycles. The summed E-state index contributed by atoms with van der Waals surface area (Å²) in [6.07, 6.45) is 10.3. The van der Waals surface area contributed by atoms with Crippen LogP contribution in [0.5, 0.6) is 0 Å². The lowest BCUT2D eigenvalue weighted by Crippen LogP contribution is -2.47. The highest BCUT2D eigenvalue weighted by Gasteiger charge is 2.42. The van der Waals surface area contributed by atoms with Crippen LogP contribution in [0.2, 0.25) is 0 Å². The van der Waals surface area contributed by atoms with E-state index in [1.165, 1.54) is 68.2 Å². The highest BCUT2D eigenvalue weighted by Crippen LogP contribution is 2.47. The second-order valence-electron chi connectivity index (χ2n) is 8.10. The monoisotopic (exact) mass is 379 g/mol. The van der Waals surface area contributed by atoms with Gasteiger partial charge in [-0.05, 0) is 56.1 Å². The van der Waals surface area contributed by atoms with Crippen LogP contribution in [0.25, 0.3) is 0 Å². The smallest absolute Gasteiger partial charge is 0.0892 e. The maximum absolute atomic E-state index is 6.34. The lowest BCUT2D eigenvalue weighted by atomic mass is 9.73. The van der Waals surface area contributed by atoms with Gasteiger partial charge in [0.2, 0.25) is 0 Å². The molecule has 3 heterocycles. The van der Waals surface area contributed by atoms with Crippen LogP contribution in [0.1, 0.15) is 69.1 Å². The largest absolute Gasteiger partial charge is 0.381 e. The van der Waals surface area contributed by atoms with Gasteiger partial charge >= 0.3 is 0 Å². The number of hydrogen-bond donors (Lipinski definition) is 1. The summed E-state index contributed by atoms with van der Waals surface area (Å²) in [4.78, 5) is 0. The van der Waals surface area contributed by atoms with Crippen LogP contribution in [0, 0.1) is 11.8 Å². The average Bonchev–Trinajstić information content (AvgIpc) is 2.68. The molecule has 4 rings (SSSR count). The zero-order valence-corrected chi connectivity index (χ0v) is 16.9. The van der Waals surface area contributed by atoms with E-state index in [0.29, 0.717) is 18.1 Å². The topological polar surface area (TPSA) is 30.5 Å². The number of aryl methyl sites for hydroxylation is 1. The number of hydrogen-bond acceptors (Lipinski definition) is 3. The normalized spacial score (nSPS) is 28.4. The van der Waals surface area contributed by atoms with Crippen molar-refractivity contribution in [2.45, 2.75) is 70.4 Å². The maximum Gasteiger partial charge on any atom is 0.0892 e. The minimum absolute atomic E-state index is 0. The first kappa shape index (κ1) is 20.0. The van der Waals surface area contributed by atoms with Crippen LogP contribution in [0.15, 0.2) is 18.2 Å². The summed E-state index contributed by atoms with van der Waals surface area (Å²) in [5.41, 5.74) is 4.22. The van der Waals surface area contributed by atoms with E-state index < -0.39 is 0 Å². The number of unbranched alkanes of at least 4 members (excludes halogenated alkanes) is 2. The zero-order chi connectivity index (χ0) is 17.1. The molecule has 0 saturated carbocycles. The van der Waals surface area contributed by atoms with Crippen LogP contribution < -0.4 is 5.32 Å². The molecule has 1 aromatic carbocycles. The van der Waals surface area contributed by atoms with Gasteiger partial charge in [-0.2, -0.15) is 0 Å². The number of ether oxygens (including phenoxy) is 2. The Morgan fingerprint density at radius 2 is 1.92 bits per heavy atom.